The van der Waals surface area contributed by atoms with Crippen LogP contribution in [0.1, 0.15) is 24.2 Å². The number of amides is 3. The van der Waals surface area contributed by atoms with Crippen LogP contribution >= 0.6 is 0 Å². The predicted octanol–water partition coefficient (Wildman–Crippen LogP) is -3.53. The fourth-order valence-corrected chi connectivity index (χ4v) is 3.13. The quantitative estimate of drug-likeness (QED) is 0.0653. The number of aromatic amines is 2. The van der Waals surface area contributed by atoms with E-state index in [2.05, 4.69) is 40.9 Å². The van der Waals surface area contributed by atoms with Crippen molar-refractivity contribution in [1.82, 2.24) is 35.9 Å². The number of H-pyrrole nitrogens is 2. The number of nitrogens with zero attached hydrogens (tertiary/aromatic N) is 3. The number of carboxylic acid groups (broad SMARTS) is 1. The number of hydrogen-bond donors (Lipinski definition) is 9. The maximum absolute atomic E-state index is 12.7. The van der Waals surface area contributed by atoms with Crippen molar-refractivity contribution in [1.29, 1.82) is 0 Å². The molecule has 3 unspecified atom stereocenters. The van der Waals surface area contributed by atoms with Gasteiger partial charge in [-0.2, -0.15) is 0 Å². The van der Waals surface area contributed by atoms with Crippen LogP contribution in [-0.2, 0) is 32.0 Å². The number of aliphatic carboxylic acids is 1. The van der Waals surface area contributed by atoms with Gasteiger partial charge >= 0.3 is 5.97 Å². The van der Waals surface area contributed by atoms with Crippen LogP contribution in [0, 0.1) is 0 Å². The van der Waals surface area contributed by atoms with E-state index in [4.69, 9.17) is 17.2 Å². The second-order valence-corrected chi connectivity index (χ2v) is 7.85. The van der Waals surface area contributed by atoms with Crippen molar-refractivity contribution >= 4 is 29.7 Å². The number of carbonyl (C=O) groups excluding carboxylic acids is 3. The van der Waals surface area contributed by atoms with Crippen LogP contribution in [0.4, 0.5) is 0 Å². The zero-order valence-electron chi connectivity index (χ0n) is 19.4. The third-order valence-electron chi connectivity index (χ3n) is 4.95. The molecule has 3 amide bonds. The lowest BCUT2D eigenvalue weighted by Gasteiger charge is -2.21. The number of nitrogens with one attached hydrogen (secondary N) is 5. The molecule has 2 aromatic rings. The lowest BCUT2D eigenvalue weighted by Crippen LogP contribution is -2.54. The van der Waals surface area contributed by atoms with Crippen LogP contribution in [0.3, 0.4) is 0 Å². The number of rotatable bonds is 15. The SMILES string of the molecule is NC(N)=NCCCC(NC(=O)C(N)Cc1cnc[nH]1)C(=O)NCC(=O)NC(Cc1cnc[nH]1)C(=O)O. The molecule has 0 radical (unpaired) electrons. The summed E-state index contributed by atoms with van der Waals surface area (Å²) in [6.07, 6.45) is 6.47. The van der Waals surface area contributed by atoms with E-state index in [-0.39, 0.29) is 31.8 Å². The Morgan fingerprint density at radius 3 is 2.17 bits per heavy atom. The van der Waals surface area contributed by atoms with Crippen molar-refractivity contribution in [2.24, 2.45) is 22.2 Å². The number of carbonyl (C=O) groups is 4. The van der Waals surface area contributed by atoms with Crippen molar-refractivity contribution in [2.75, 3.05) is 13.1 Å². The number of imidazole rings is 2. The van der Waals surface area contributed by atoms with Crippen LogP contribution in [0.15, 0.2) is 30.0 Å². The summed E-state index contributed by atoms with van der Waals surface area (Å²) in [4.78, 5) is 66.2. The molecule has 3 atom stereocenters. The molecule has 0 fully saturated rings. The van der Waals surface area contributed by atoms with Crippen LogP contribution < -0.4 is 33.2 Å². The van der Waals surface area contributed by atoms with E-state index in [0.29, 0.717) is 17.8 Å². The number of carboxylic acids is 1. The lowest BCUT2D eigenvalue weighted by molar-refractivity contribution is -0.141. The molecule has 0 aliphatic carbocycles. The smallest absolute Gasteiger partial charge is 0.326 e. The second kappa shape index (κ2) is 14.1. The molecule has 16 nitrogen and oxygen atoms in total. The monoisotopic (exact) mass is 505 g/mol. The van der Waals surface area contributed by atoms with Crippen molar-refractivity contribution in [3.05, 3.63) is 36.4 Å². The van der Waals surface area contributed by atoms with Gasteiger partial charge in [0, 0.05) is 43.2 Å². The Morgan fingerprint density at radius 2 is 1.61 bits per heavy atom. The standard InChI is InChI=1S/C20H31N11O5/c21-13(4-11-6-24-9-28-11)17(33)31-14(2-1-3-26-20(22)23)18(34)27-8-16(32)30-15(19(35)36)5-12-7-25-10-29-12/h6-7,9-10,13-15H,1-5,8,21H2,(H,24,28)(H,25,29)(H,27,34)(H,30,32)(H,31,33)(H,35,36)(H4,22,23,26). The Balaban J connectivity index is 1.93. The highest BCUT2D eigenvalue weighted by Crippen LogP contribution is 2.02. The molecule has 36 heavy (non-hydrogen) atoms. The fraction of sp³-hybridized carbons (Fsp3) is 0.450. The molecule has 0 aliphatic heterocycles. The zero-order valence-corrected chi connectivity index (χ0v) is 19.4. The molecular formula is C20H31N11O5. The number of hydrogen-bond acceptors (Lipinski definition) is 8. The first-order valence-corrected chi connectivity index (χ1v) is 11.0. The van der Waals surface area contributed by atoms with Crippen LogP contribution in [0.5, 0.6) is 0 Å². The Hall–Kier alpha value is -4.47. The van der Waals surface area contributed by atoms with Crippen molar-refractivity contribution in [3.63, 3.8) is 0 Å². The molecule has 0 aromatic carbocycles. The largest absolute Gasteiger partial charge is 0.480 e. The van der Waals surface area contributed by atoms with Crippen LogP contribution in [0.2, 0.25) is 0 Å². The van der Waals surface area contributed by atoms with Gasteiger partial charge < -0.3 is 48.2 Å². The summed E-state index contributed by atoms with van der Waals surface area (Å²) >= 11 is 0. The first kappa shape index (κ1) is 27.8. The van der Waals surface area contributed by atoms with Gasteiger partial charge in [-0.15, -0.1) is 0 Å². The molecular weight excluding hydrogens is 474 g/mol. The van der Waals surface area contributed by atoms with E-state index in [1.807, 2.05) is 0 Å². The fourth-order valence-electron chi connectivity index (χ4n) is 3.13. The van der Waals surface area contributed by atoms with Gasteiger partial charge in [0.05, 0.1) is 25.2 Å². The Bertz CT molecular complexity index is 1020. The highest BCUT2D eigenvalue weighted by molar-refractivity contribution is 5.92. The third-order valence-corrected chi connectivity index (χ3v) is 4.95. The summed E-state index contributed by atoms with van der Waals surface area (Å²) in [5.74, 6) is -3.32. The molecule has 0 bridgehead atoms. The highest BCUT2D eigenvalue weighted by Gasteiger charge is 2.25. The van der Waals surface area contributed by atoms with E-state index in [1.54, 1.807) is 0 Å². The molecule has 0 saturated heterocycles. The molecule has 16 heteroatoms. The van der Waals surface area contributed by atoms with Gasteiger partial charge in [0.2, 0.25) is 17.7 Å². The van der Waals surface area contributed by atoms with E-state index in [0.717, 1.165) is 0 Å². The van der Waals surface area contributed by atoms with Crippen molar-refractivity contribution in [2.45, 2.75) is 43.8 Å². The molecule has 2 rings (SSSR count). The van der Waals surface area contributed by atoms with Gasteiger partial charge in [-0.25, -0.2) is 14.8 Å². The highest BCUT2D eigenvalue weighted by atomic mass is 16.4. The minimum absolute atomic E-state index is 0.0211. The minimum Gasteiger partial charge on any atom is -0.480 e. The zero-order chi connectivity index (χ0) is 26.5. The second-order valence-electron chi connectivity index (χ2n) is 7.85. The average Bonchev–Trinajstić information content (AvgIpc) is 3.53. The summed E-state index contributed by atoms with van der Waals surface area (Å²) in [6.45, 7) is -0.289. The first-order valence-electron chi connectivity index (χ1n) is 11.0. The Kier molecular flexibility index (Phi) is 10.8. The van der Waals surface area contributed by atoms with Gasteiger partial charge in [0.25, 0.3) is 0 Å². The van der Waals surface area contributed by atoms with Gasteiger partial charge in [0.1, 0.15) is 12.1 Å². The summed E-state index contributed by atoms with van der Waals surface area (Å²) in [5.41, 5.74) is 17.7. The molecule has 2 aromatic heterocycles. The summed E-state index contributed by atoms with van der Waals surface area (Å²) < 4.78 is 0. The third kappa shape index (κ3) is 9.80. The van der Waals surface area contributed by atoms with E-state index in [9.17, 15) is 24.3 Å². The molecule has 0 saturated carbocycles. The van der Waals surface area contributed by atoms with E-state index < -0.39 is 48.4 Å². The molecule has 12 N–H and O–H groups in total. The number of guanidine groups is 1. The van der Waals surface area contributed by atoms with Gasteiger partial charge in [-0.05, 0) is 12.8 Å². The summed E-state index contributed by atoms with van der Waals surface area (Å²) in [5, 5.41) is 16.7. The normalized spacial score (nSPS) is 13.1. The van der Waals surface area contributed by atoms with E-state index >= 15 is 0 Å². The molecule has 0 aliphatic rings. The van der Waals surface area contributed by atoms with Gasteiger partial charge in [-0.3, -0.25) is 19.4 Å². The Morgan fingerprint density at radius 1 is 0.972 bits per heavy atom. The number of aliphatic imine (C=N–C) groups is 1. The summed E-state index contributed by atoms with van der Waals surface area (Å²) in [6, 6.07) is -3.22. The van der Waals surface area contributed by atoms with Gasteiger partial charge in [-0.1, -0.05) is 0 Å². The molecule has 2 heterocycles. The van der Waals surface area contributed by atoms with E-state index in [1.165, 1.54) is 25.0 Å². The minimum atomic E-state index is -1.25. The van der Waals surface area contributed by atoms with Crippen molar-refractivity contribution < 1.29 is 24.3 Å². The molecule has 0 spiro atoms. The van der Waals surface area contributed by atoms with Crippen LogP contribution in [0.25, 0.3) is 0 Å². The average molecular weight is 506 g/mol. The van der Waals surface area contributed by atoms with Crippen LogP contribution in [-0.4, -0.2) is 85.9 Å². The number of nitrogens with two attached hydrogens (primary N) is 3. The Labute approximate surface area is 205 Å². The first-order chi connectivity index (χ1) is 17.2. The maximum Gasteiger partial charge on any atom is 0.326 e. The lowest BCUT2D eigenvalue weighted by atomic mass is 10.1. The topological polar surface area (TPSA) is 272 Å². The van der Waals surface area contributed by atoms with Crippen molar-refractivity contribution in [3.8, 4) is 0 Å². The predicted molar refractivity (Wildman–Crippen MR) is 127 cm³/mol. The van der Waals surface area contributed by atoms with Gasteiger partial charge in [0.15, 0.2) is 5.96 Å². The summed E-state index contributed by atoms with van der Waals surface area (Å²) in [7, 11) is 0. The number of aromatic nitrogens is 4. The molecule has 196 valence electrons. The maximum atomic E-state index is 12.7.